The van der Waals surface area contributed by atoms with Crippen LogP contribution in [0.3, 0.4) is 0 Å². The molecule has 2 N–H and O–H groups in total. The van der Waals surface area contributed by atoms with Crippen molar-refractivity contribution in [1.82, 2.24) is 0 Å². The first-order valence-electron chi connectivity index (χ1n) is 8.61. The molecule has 1 heterocycles. The maximum absolute atomic E-state index is 13.4. The van der Waals surface area contributed by atoms with E-state index >= 15 is 0 Å². The Labute approximate surface area is 180 Å². The topological polar surface area (TPSA) is 93.5 Å². The summed E-state index contributed by atoms with van der Waals surface area (Å²) in [6.45, 7) is 1.87. The summed E-state index contributed by atoms with van der Waals surface area (Å²) in [6, 6.07) is 12.5. The number of thiocarbonyl (C=S) groups is 1. The lowest BCUT2D eigenvalue weighted by Crippen LogP contribution is -2.20. The molecule has 0 bridgehead atoms. The zero-order valence-electron chi connectivity index (χ0n) is 15.9. The Balaban J connectivity index is 1.95. The molecule has 0 fully saturated rings. The molecule has 0 saturated heterocycles. The first-order valence-corrected chi connectivity index (χ1v) is 9.83. The highest BCUT2D eigenvalue weighted by Crippen LogP contribution is 2.40. The van der Waals surface area contributed by atoms with Gasteiger partial charge in [0.2, 0.25) is 0 Å². The number of benzene rings is 2. The fourth-order valence-corrected chi connectivity index (χ4v) is 4.25. The number of carbonyl (C=O) groups excluding carboxylic acids is 1. The van der Waals surface area contributed by atoms with E-state index in [0.29, 0.717) is 16.1 Å². The van der Waals surface area contributed by atoms with Crippen LogP contribution in [-0.2, 0) is 4.74 Å². The van der Waals surface area contributed by atoms with Gasteiger partial charge in [-0.25, -0.2) is 9.18 Å². The molecular weight excluding hydrogens is 429 g/mol. The van der Waals surface area contributed by atoms with Gasteiger partial charge in [0.1, 0.15) is 22.1 Å². The molecule has 0 saturated carbocycles. The second-order valence-corrected chi connectivity index (χ2v) is 7.73. The number of hydrogen-bond donors (Lipinski definition) is 2. The van der Waals surface area contributed by atoms with Crippen LogP contribution in [0.25, 0.3) is 11.1 Å². The van der Waals surface area contributed by atoms with E-state index in [9.17, 15) is 19.3 Å². The minimum atomic E-state index is -0.736. The van der Waals surface area contributed by atoms with Crippen LogP contribution < -0.4 is 10.6 Å². The highest BCUT2D eigenvalue weighted by Gasteiger charge is 2.25. The summed E-state index contributed by atoms with van der Waals surface area (Å²) < 4.78 is 18.3. The number of anilines is 2. The van der Waals surface area contributed by atoms with Gasteiger partial charge in [-0.1, -0.05) is 30.3 Å². The van der Waals surface area contributed by atoms with Crippen molar-refractivity contribution < 1.29 is 18.8 Å². The number of carbonyl (C=O) groups is 1. The number of hydrogen-bond acceptors (Lipinski definition) is 6. The van der Waals surface area contributed by atoms with Gasteiger partial charge in [0, 0.05) is 10.4 Å². The van der Waals surface area contributed by atoms with Crippen molar-refractivity contribution in [3.63, 3.8) is 0 Å². The number of rotatable bonds is 5. The van der Waals surface area contributed by atoms with E-state index in [1.807, 2.05) is 37.3 Å². The lowest BCUT2D eigenvalue weighted by atomic mass is 10.0. The van der Waals surface area contributed by atoms with Crippen LogP contribution in [-0.4, -0.2) is 23.1 Å². The van der Waals surface area contributed by atoms with Crippen molar-refractivity contribution in [1.29, 1.82) is 0 Å². The summed E-state index contributed by atoms with van der Waals surface area (Å²) >= 11 is 6.56. The van der Waals surface area contributed by atoms with E-state index in [1.54, 1.807) is 0 Å². The van der Waals surface area contributed by atoms with Crippen molar-refractivity contribution >= 4 is 51.0 Å². The lowest BCUT2D eigenvalue weighted by Gasteiger charge is -2.11. The highest BCUT2D eigenvalue weighted by atomic mass is 32.1. The fraction of sp³-hybridized carbons (Fsp3) is 0.100. The molecule has 0 aliphatic carbocycles. The van der Waals surface area contributed by atoms with Crippen LogP contribution in [0, 0.1) is 22.9 Å². The largest absolute Gasteiger partial charge is 0.465 e. The second-order valence-electron chi connectivity index (χ2n) is 6.09. The van der Waals surface area contributed by atoms with Crippen LogP contribution in [0.4, 0.5) is 20.8 Å². The van der Waals surface area contributed by atoms with Gasteiger partial charge in [0.15, 0.2) is 5.11 Å². The number of ether oxygens (including phenoxy) is 1. The van der Waals surface area contributed by atoms with Crippen LogP contribution in [0.1, 0.15) is 15.2 Å². The number of nitro benzene ring substituents is 1. The Morgan fingerprint density at radius 3 is 2.53 bits per heavy atom. The van der Waals surface area contributed by atoms with Crippen LogP contribution in [0.2, 0.25) is 0 Å². The van der Waals surface area contributed by atoms with Gasteiger partial charge in [0.25, 0.3) is 5.69 Å². The molecule has 3 rings (SSSR count). The Morgan fingerprint density at radius 2 is 1.90 bits per heavy atom. The van der Waals surface area contributed by atoms with E-state index in [-0.39, 0.29) is 10.8 Å². The van der Waals surface area contributed by atoms with Crippen molar-refractivity contribution in [3.8, 4) is 11.1 Å². The number of aryl methyl sites for hydroxylation is 1. The van der Waals surface area contributed by atoms with E-state index in [0.717, 1.165) is 22.6 Å². The maximum Gasteiger partial charge on any atom is 0.341 e. The third-order valence-corrected chi connectivity index (χ3v) is 5.39. The van der Waals surface area contributed by atoms with Crippen molar-refractivity contribution in [3.05, 3.63) is 74.9 Å². The predicted molar refractivity (Wildman–Crippen MR) is 119 cm³/mol. The zero-order chi connectivity index (χ0) is 21.8. The monoisotopic (exact) mass is 445 g/mol. The summed E-state index contributed by atoms with van der Waals surface area (Å²) in [5.74, 6) is -1.28. The second kappa shape index (κ2) is 8.97. The average Bonchev–Trinajstić information content (AvgIpc) is 3.04. The Kier molecular flexibility index (Phi) is 6.38. The van der Waals surface area contributed by atoms with E-state index in [1.165, 1.54) is 24.5 Å². The van der Waals surface area contributed by atoms with Gasteiger partial charge >= 0.3 is 5.97 Å². The number of nitro groups is 1. The Bertz CT molecular complexity index is 1130. The minimum absolute atomic E-state index is 0.00993. The number of nitrogens with zero attached hydrogens (tertiary/aromatic N) is 1. The molecule has 0 aliphatic rings. The summed E-state index contributed by atoms with van der Waals surface area (Å²) in [7, 11) is 1.28. The van der Waals surface area contributed by atoms with Crippen molar-refractivity contribution in [2.45, 2.75) is 6.92 Å². The number of halogens is 1. The maximum atomic E-state index is 13.4. The Morgan fingerprint density at radius 1 is 1.20 bits per heavy atom. The van der Waals surface area contributed by atoms with Gasteiger partial charge in [-0.15, -0.1) is 11.3 Å². The van der Waals surface area contributed by atoms with Gasteiger partial charge in [-0.05, 0) is 36.8 Å². The standard InChI is InChI=1S/C20H16FN3O4S2/c1-11-16(12-6-4-3-5-7-12)17(19(25)28-2)18(30-11)23-20(29)22-14-9-8-13(21)10-15(14)24(26)27/h3-10H,1-2H3,(H2,22,23,29). The fourth-order valence-electron chi connectivity index (χ4n) is 2.90. The van der Waals surface area contributed by atoms with Crippen molar-refractivity contribution in [2.75, 3.05) is 17.7 Å². The molecule has 0 aliphatic heterocycles. The first-order chi connectivity index (χ1) is 14.3. The van der Waals surface area contributed by atoms with Gasteiger partial charge < -0.3 is 15.4 Å². The van der Waals surface area contributed by atoms with E-state index in [2.05, 4.69) is 10.6 Å². The summed E-state index contributed by atoms with van der Waals surface area (Å²) in [5.41, 5.74) is 1.43. The lowest BCUT2D eigenvalue weighted by molar-refractivity contribution is -0.384. The third-order valence-electron chi connectivity index (χ3n) is 4.17. The SMILES string of the molecule is COC(=O)c1c(NC(=S)Nc2ccc(F)cc2[N+](=O)[O-])sc(C)c1-c1ccccc1. The minimum Gasteiger partial charge on any atom is -0.465 e. The molecule has 154 valence electrons. The molecule has 2 aromatic carbocycles. The van der Waals surface area contributed by atoms with Crippen molar-refractivity contribution in [2.24, 2.45) is 0 Å². The molecule has 1 aromatic heterocycles. The van der Waals surface area contributed by atoms with Gasteiger partial charge in [-0.2, -0.15) is 0 Å². The smallest absolute Gasteiger partial charge is 0.341 e. The van der Waals surface area contributed by atoms with Gasteiger partial charge in [0.05, 0.1) is 18.1 Å². The molecule has 0 radical (unpaired) electrons. The number of esters is 1. The van der Waals surface area contributed by atoms with Crippen LogP contribution >= 0.6 is 23.6 Å². The van der Waals surface area contributed by atoms with Crippen LogP contribution in [0.5, 0.6) is 0 Å². The molecule has 0 unspecified atom stereocenters. The third kappa shape index (κ3) is 4.44. The molecule has 0 spiro atoms. The molecule has 3 aromatic rings. The average molecular weight is 445 g/mol. The number of nitrogens with one attached hydrogen (secondary N) is 2. The van der Waals surface area contributed by atoms with Gasteiger partial charge in [-0.3, -0.25) is 10.1 Å². The molecule has 30 heavy (non-hydrogen) atoms. The molecular formula is C20H16FN3O4S2. The summed E-state index contributed by atoms with van der Waals surface area (Å²) in [6.07, 6.45) is 0. The van der Waals surface area contributed by atoms with E-state index < -0.39 is 22.4 Å². The first kappa shape index (κ1) is 21.3. The zero-order valence-corrected chi connectivity index (χ0v) is 17.5. The molecule has 0 atom stereocenters. The molecule has 10 heteroatoms. The predicted octanol–water partition coefficient (Wildman–Crippen LogP) is 5.37. The number of methoxy groups -OCH3 is 1. The summed E-state index contributed by atoms with van der Waals surface area (Å²) in [4.78, 5) is 23.8. The van der Waals surface area contributed by atoms with E-state index in [4.69, 9.17) is 17.0 Å². The molecule has 0 amide bonds. The number of thiophene rings is 1. The van der Waals surface area contributed by atoms with Crippen LogP contribution in [0.15, 0.2) is 48.5 Å². The molecule has 7 nitrogen and oxygen atoms in total. The summed E-state index contributed by atoms with van der Waals surface area (Å²) in [5, 5.41) is 17.2. The highest BCUT2D eigenvalue weighted by molar-refractivity contribution is 7.80. The Hall–Kier alpha value is -3.37. The normalized spacial score (nSPS) is 10.4. The quantitative estimate of drug-likeness (QED) is 0.236.